The van der Waals surface area contributed by atoms with E-state index in [-0.39, 0.29) is 29.2 Å². The van der Waals surface area contributed by atoms with Gasteiger partial charge in [0.2, 0.25) is 0 Å². The number of halogens is 8. The molecule has 3 aromatic rings. The van der Waals surface area contributed by atoms with E-state index in [0.717, 1.165) is 31.0 Å². The lowest BCUT2D eigenvalue weighted by Gasteiger charge is -2.29. The highest BCUT2D eigenvalue weighted by Gasteiger charge is 2.38. The summed E-state index contributed by atoms with van der Waals surface area (Å²) in [7, 11) is 0. The Bertz CT molecular complexity index is 1220. The second-order valence-electron chi connectivity index (χ2n) is 8.52. The highest BCUT2D eigenvalue weighted by Crippen LogP contribution is 2.38. The van der Waals surface area contributed by atoms with Gasteiger partial charge in [0.25, 0.3) is 0 Å². The first-order valence-corrected chi connectivity index (χ1v) is 11.1. The average molecular weight is 516 g/mol. The van der Waals surface area contributed by atoms with Crippen molar-refractivity contribution in [1.29, 1.82) is 0 Å². The molecule has 0 N–H and O–H groups in total. The molecule has 2 nitrogen and oxygen atoms in total. The zero-order chi connectivity index (χ0) is 26.2. The first-order chi connectivity index (χ1) is 17.0. The third-order valence-corrected chi connectivity index (χ3v) is 5.90. The van der Waals surface area contributed by atoms with Crippen LogP contribution in [0.2, 0.25) is 0 Å². The van der Waals surface area contributed by atoms with Crippen LogP contribution in [-0.2, 0) is 15.7 Å². The van der Waals surface area contributed by atoms with Gasteiger partial charge in [-0.1, -0.05) is 25.5 Å². The minimum absolute atomic E-state index is 0.174. The average Bonchev–Trinajstić information content (AvgIpc) is 2.78. The number of hydrogen-bond acceptors (Lipinski definition) is 2. The maximum atomic E-state index is 14.9. The lowest BCUT2D eigenvalue weighted by atomic mass is 9.96. The molecule has 1 fully saturated rings. The molecule has 1 saturated heterocycles. The molecule has 1 heterocycles. The van der Waals surface area contributed by atoms with Crippen LogP contribution < -0.4 is 0 Å². The van der Waals surface area contributed by atoms with Crippen molar-refractivity contribution >= 4 is 0 Å². The Balaban J connectivity index is 1.62. The quantitative estimate of drug-likeness (QED) is 0.318. The van der Waals surface area contributed by atoms with E-state index in [1.165, 1.54) is 12.1 Å². The van der Waals surface area contributed by atoms with Crippen LogP contribution in [0.25, 0.3) is 22.3 Å². The highest BCUT2D eigenvalue weighted by molar-refractivity contribution is 5.72. The summed E-state index contributed by atoms with van der Waals surface area (Å²) in [6.07, 6.45) is -4.22. The van der Waals surface area contributed by atoms with E-state index < -0.39 is 58.2 Å². The third kappa shape index (κ3) is 5.24. The van der Waals surface area contributed by atoms with Crippen LogP contribution in [0.15, 0.2) is 42.5 Å². The monoisotopic (exact) mass is 516 g/mol. The fourth-order valence-electron chi connectivity index (χ4n) is 4.22. The Kier molecular flexibility index (Phi) is 7.38. The maximum Gasteiger partial charge on any atom is 0.422 e. The second kappa shape index (κ2) is 10.2. The third-order valence-electron chi connectivity index (χ3n) is 5.90. The molecule has 0 spiro atoms. The first-order valence-electron chi connectivity index (χ1n) is 11.1. The Morgan fingerprint density at radius 2 is 1.31 bits per heavy atom. The molecule has 192 valence electrons. The topological polar surface area (TPSA) is 18.5 Å². The van der Waals surface area contributed by atoms with E-state index in [9.17, 15) is 35.1 Å². The lowest BCUT2D eigenvalue weighted by Crippen LogP contribution is -2.27. The Labute approximate surface area is 201 Å². The minimum Gasteiger partial charge on any atom is -0.348 e. The van der Waals surface area contributed by atoms with E-state index in [2.05, 4.69) is 0 Å². The molecule has 10 heteroatoms. The van der Waals surface area contributed by atoms with Crippen LogP contribution in [-0.4, -0.2) is 13.2 Å². The fourth-order valence-corrected chi connectivity index (χ4v) is 4.22. The number of benzene rings is 3. The van der Waals surface area contributed by atoms with E-state index in [0.29, 0.717) is 18.8 Å². The molecule has 0 unspecified atom stereocenters. The first kappa shape index (κ1) is 26.1. The maximum absolute atomic E-state index is 14.9. The number of alkyl halides is 3. The van der Waals surface area contributed by atoms with Crippen LogP contribution in [0.1, 0.15) is 37.2 Å². The Morgan fingerprint density at radius 3 is 1.81 bits per heavy atom. The van der Waals surface area contributed by atoms with E-state index in [1.807, 2.05) is 6.92 Å². The number of hydrogen-bond donors (Lipinski definition) is 0. The molecular formula is C26H20F8O2. The van der Waals surface area contributed by atoms with Gasteiger partial charge in [-0.25, -0.2) is 22.0 Å². The number of rotatable bonds is 5. The van der Waals surface area contributed by atoms with Gasteiger partial charge in [0.15, 0.2) is 6.29 Å². The van der Waals surface area contributed by atoms with Crippen molar-refractivity contribution in [3.8, 4) is 22.3 Å². The minimum atomic E-state index is -5.33. The zero-order valence-electron chi connectivity index (χ0n) is 18.9. The van der Waals surface area contributed by atoms with Gasteiger partial charge in [-0.05, 0) is 47.9 Å². The summed E-state index contributed by atoms with van der Waals surface area (Å²) in [5.41, 5.74) is -3.92. The summed E-state index contributed by atoms with van der Waals surface area (Å²) in [6, 6.07) is 5.72. The van der Waals surface area contributed by atoms with Gasteiger partial charge in [0.1, 0.15) is 34.6 Å². The van der Waals surface area contributed by atoms with Crippen molar-refractivity contribution in [3.63, 3.8) is 0 Å². The highest BCUT2D eigenvalue weighted by atomic mass is 19.4. The van der Waals surface area contributed by atoms with Crippen LogP contribution in [0.5, 0.6) is 0 Å². The SMILES string of the molecule is CCCC1COC(c2ccc(-c3cc(F)c(-c4cc(F)c(C(F)(F)F)c(F)c4)c(F)c3)c(F)c2)OC1. The van der Waals surface area contributed by atoms with Crippen molar-refractivity contribution in [2.24, 2.45) is 5.92 Å². The summed E-state index contributed by atoms with van der Waals surface area (Å²) >= 11 is 0. The van der Waals surface area contributed by atoms with Crippen LogP contribution in [0, 0.1) is 35.0 Å². The normalized spacial score (nSPS) is 18.5. The molecule has 1 aliphatic rings. The predicted molar refractivity (Wildman–Crippen MR) is 115 cm³/mol. The number of ether oxygens (including phenoxy) is 2. The van der Waals surface area contributed by atoms with Crippen molar-refractivity contribution < 1.29 is 44.6 Å². The van der Waals surface area contributed by atoms with E-state index >= 15 is 0 Å². The van der Waals surface area contributed by atoms with Gasteiger partial charge in [0, 0.05) is 17.0 Å². The molecule has 36 heavy (non-hydrogen) atoms. The molecular weight excluding hydrogens is 496 g/mol. The van der Waals surface area contributed by atoms with Crippen molar-refractivity contribution in [2.75, 3.05) is 13.2 Å². The van der Waals surface area contributed by atoms with Crippen molar-refractivity contribution in [2.45, 2.75) is 32.2 Å². The molecule has 0 bridgehead atoms. The van der Waals surface area contributed by atoms with Gasteiger partial charge >= 0.3 is 6.18 Å². The molecule has 0 atom stereocenters. The van der Waals surface area contributed by atoms with Crippen LogP contribution in [0.3, 0.4) is 0 Å². The molecule has 0 aliphatic carbocycles. The summed E-state index contributed by atoms with van der Waals surface area (Å²) in [6.45, 7) is 2.94. The van der Waals surface area contributed by atoms with Gasteiger partial charge in [0.05, 0.1) is 18.8 Å². The summed E-state index contributed by atoms with van der Waals surface area (Å²) in [4.78, 5) is 0. The van der Waals surface area contributed by atoms with Gasteiger partial charge in [-0.2, -0.15) is 13.2 Å². The standard InChI is InChI=1S/C26H20F8O2/c1-2-3-13-11-35-25(36-12-13)14-4-5-17(18(27)6-14)15-7-19(28)23(20(29)8-15)16-9-21(30)24(22(31)10-16)26(32,33)34/h4-10,13,25H,2-3,11-12H2,1H3. The summed E-state index contributed by atoms with van der Waals surface area (Å²) in [5.74, 6) is -7.30. The van der Waals surface area contributed by atoms with Crippen molar-refractivity contribution in [3.05, 3.63) is 82.7 Å². The van der Waals surface area contributed by atoms with Gasteiger partial charge in [-0.3, -0.25) is 0 Å². The van der Waals surface area contributed by atoms with Gasteiger partial charge in [-0.15, -0.1) is 0 Å². The molecule has 0 aromatic heterocycles. The molecule has 0 radical (unpaired) electrons. The smallest absolute Gasteiger partial charge is 0.348 e. The molecule has 0 amide bonds. The largest absolute Gasteiger partial charge is 0.422 e. The van der Waals surface area contributed by atoms with E-state index in [4.69, 9.17) is 9.47 Å². The van der Waals surface area contributed by atoms with Gasteiger partial charge < -0.3 is 9.47 Å². The van der Waals surface area contributed by atoms with Crippen LogP contribution >= 0.6 is 0 Å². The summed E-state index contributed by atoms with van der Waals surface area (Å²) in [5, 5.41) is 0. The molecule has 3 aromatic carbocycles. The zero-order valence-corrected chi connectivity index (χ0v) is 18.9. The second-order valence-corrected chi connectivity index (χ2v) is 8.52. The molecule has 0 saturated carbocycles. The van der Waals surface area contributed by atoms with Crippen LogP contribution in [0.4, 0.5) is 35.1 Å². The Hall–Kier alpha value is -2.98. The molecule has 1 aliphatic heterocycles. The predicted octanol–water partition coefficient (Wildman–Crippen LogP) is 8.20. The van der Waals surface area contributed by atoms with E-state index in [1.54, 1.807) is 0 Å². The Morgan fingerprint density at radius 1 is 0.750 bits per heavy atom. The molecule has 4 rings (SSSR count). The lowest BCUT2D eigenvalue weighted by molar-refractivity contribution is -0.206. The fraction of sp³-hybridized carbons (Fsp3) is 0.308. The van der Waals surface area contributed by atoms with Crippen molar-refractivity contribution in [1.82, 2.24) is 0 Å². The summed E-state index contributed by atoms with van der Waals surface area (Å²) < 4.78 is 122.